The molecule has 2 heteroatoms. The van der Waals surface area contributed by atoms with Crippen LogP contribution in [0.4, 0.5) is 0 Å². The van der Waals surface area contributed by atoms with Crippen molar-refractivity contribution in [2.24, 2.45) is 17.8 Å². The molecule has 1 saturated carbocycles. The van der Waals surface area contributed by atoms with Crippen molar-refractivity contribution >= 4 is 0 Å². The Kier molecular flexibility index (Phi) is 5.50. The Hall–Kier alpha value is -0.0800. The highest BCUT2D eigenvalue weighted by molar-refractivity contribution is 4.89. The maximum atomic E-state index is 3.48. The fourth-order valence-electron chi connectivity index (χ4n) is 3.58. The summed E-state index contributed by atoms with van der Waals surface area (Å²) in [4.78, 5) is 2.81. The number of nitrogens with zero attached hydrogens (tertiary/aromatic N) is 1. The fraction of sp³-hybridized carbons (Fsp3) is 1.00. The van der Waals surface area contributed by atoms with Gasteiger partial charge in [0.05, 0.1) is 0 Å². The molecule has 1 aliphatic carbocycles. The van der Waals surface area contributed by atoms with Crippen molar-refractivity contribution < 1.29 is 0 Å². The largest absolute Gasteiger partial charge is 0.317 e. The van der Waals surface area contributed by atoms with Crippen LogP contribution in [-0.4, -0.2) is 37.1 Å². The SMILES string of the molecule is CCCN(CC1CCNCC1)C1CC(C(C)C)C1. The van der Waals surface area contributed by atoms with E-state index in [0.29, 0.717) is 0 Å². The Morgan fingerprint density at radius 2 is 1.83 bits per heavy atom. The summed E-state index contributed by atoms with van der Waals surface area (Å²) in [6.45, 7) is 12.3. The number of rotatable bonds is 6. The minimum absolute atomic E-state index is 0.892. The average Bonchev–Trinajstić information content (AvgIpc) is 2.28. The lowest BCUT2D eigenvalue weighted by Gasteiger charge is -2.46. The lowest BCUT2D eigenvalue weighted by atomic mass is 9.72. The lowest BCUT2D eigenvalue weighted by Crippen LogP contribution is -2.49. The van der Waals surface area contributed by atoms with E-state index in [-0.39, 0.29) is 0 Å². The zero-order valence-corrected chi connectivity index (χ0v) is 12.6. The van der Waals surface area contributed by atoms with Gasteiger partial charge in [0, 0.05) is 12.6 Å². The van der Waals surface area contributed by atoms with Crippen molar-refractivity contribution in [3.63, 3.8) is 0 Å². The zero-order chi connectivity index (χ0) is 13.0. The molecule has 106 valence electrons. The van der Waals surface area contributed by atoms with Gasteiger partial charge in [0.2, 0.25) is 0 Å². The van der Waals surface area contributed by atoms with E-state index in [0.717, 1.165) is 23.8 Å². The number of piperidine rings is 1. The monoisotopic (exact) mass is 252 g/mol. The number of hydrogen-bond donors (Lipinski definition) is 1. The molecule has 1 heterocycles. The molecule has 0 unspecified atom stereocenters. The Morgan fingerprint density at radius 3 is 2.39 bits per heavy atom. The molecule has 0 spiro atoms. The van der Waals surface area contributed by atoms with E-state index in [2.05, 4.69) is 31.0 Å². The van der Waals surface area contributed by atoms with Crippen LogP contribution in [0.25, 0.3) is 0 Å². The third kappa shape index (κ3) is 3.71. The maximum absolute atomic E-state index is 3.48. The van der Waals surface area contributed by atoms with Crippen LogP contribution in [0.15, 0.2) is 0 Å². The molecule has 18 heavy (non-hydrogen) atoms. The predicted molar refractivity (Wildman–Crippen MR) is 78.8 cm³/mol. The van der Waals surface area contributed by atoms with Gasteiger partial charge in [-0.1, -0.05) is 20.8 Å². The summed E-state index contributed by atoms with van der Waals surface area (Å²) in [5.74, 6) is 2.85. The van der Waals surface area contributed by atoms with Gasteiger partial charge >= 0.3 is 0 Å². The predicted octanol–water partition coefficient (Wildman–Crippen LogP) is 3.13. The fourth-order valence-corrected chi connectivity index (χ4v) is 3.58. The Bertz CT molecular complexity index is 227. The van der Waals surface area contributed by atoms with Gasteiger partial charge in [-0.05, 0) is 69.5 Å². The van der Waals surface area contributed by atoms with Crippen LogP contribution in [0, 0.1) is 17.8 Å². The van der Waals surface area contributed by atoms with E-state index < -0.39 is 0 Å². The summed E-state index contributed by atoms with van der Waals surface area (Å²) < 4.78 is 0. The molecule has 2 rings (SSSR count). The van der Waals surface area contributed by atoms with Crippen LogP contribution < -0.4 is 5.32 Å². The average molecular weight is 252 g/mol. The third-order valence-corrected chi connectivity index (χ3v) is 5.07. The molecule has 0 bridgehead atoms. The topological polar surface area (TPSA) is 15.3 Å². The number of hydrogen-bond acceptors (Lipinski definition) is 2. The molecule has 1 aliphatic heterocycles. The van der Waals surface area contributed by atoms with Crippen molar-refractivity contribution in [1.82, 2.24) is 10.2 Å². The van der Waals surface area contributed by atoms with Crippen molar-refractivity contribution in [2.45, 2.75) is 58.9 Å². The van der Waals surface area contributed by atoms with Crippen LogP contribution in [0.5, 0.6) is 0 Å². The van der Waals surface area contributed by atoms with Gasteiger partial charge in [-0.3, -0.25) is 0 Å². The first kappa shape index (κ1) is 14.3. The Balaban J connectivity index is 1.77. The summed E-state index contributed by atoms with van der Waals surface area (Å²) in [5, 5.41) is 3.48. The molecule has 1 saturated heterocycles. The highest BCUT2D eigenvalue weighted by atomic mass is 15.2. The van der Waals surface area contributed by atoms with E-state index >= 15 is 0 Å². The van der Waals surface area contributed by atoms with Crippen LogP contribution in [0.3, 0.4) is 0 Å². The summed E-state index contributed by atoms with van der Waals surface area (Å²) in [6.07, 6.45) is 7.01. The molecular weight excluding hydrogens is 220 g/mol. The van der Waals surface area contributed by atoms with Gasteiger partial charge in [-0.25, -0.2) is 0 Å². The first-order valence-corrected chi connectivity index (χ1v) is 8.15. The van der Waals surface area contributed by atoms with E-state index in [1.54, 1.807) is 0 Å². The highest BCUT2D eigenvalue weighted by Gasteiger charge is 2.35. The van der Waals surface area contributed by atoms with Crippen LogP contribution in [0.1, 0.15) is 52.9 Å². The summed E-state index contributed by atoms with van der Waals surface area (Å²) >= 11 is 0. The van der Waals surface area contributed by atoms with Crippen LogP contribution in [0.2, 0.25) is 0 Å². The van der Waals surface area contributed by atoms with Crippen LogP contribution >= 0.6 is 0 Å². The van der Waals surface area contributed by atoms with Crippen molar-refractivity contribution in [1.29, 1.82) is 0 Å². The first-order chi connectivity index (χ1) is 8.70. The van der Waals surface area contributed by atoms with E-state index in [1.165, 1.54) is 58.3 Å². The van der Waals surface area contributed by atoms with E-state index in [1.807, 2.05) is 0 Å². The minimum atomic E-state index is 0.892. The second-order valence-electron chi connectivity index (χ2n) is 6.82. The lowest BCUT2D eigenvalue weighted by molar-refractivity contribution is 0.0406. The normalized spacial score (nSPS) is 29.8. The molecular formula is C16H32N2. The van der Waals surface area contributed by atoms with Crippen LogP contribution in [-0.2, 0) is 0 Å². The Morgan fingerprint density at radius 1 is 1.17 bits per heavy atom. The molecule has 1 N–H and O–H groups in total. The van der Waals surface area contributed by atoms with Gasteiger partial charge in [0.15, 0.2) is 0 Å². The molecule has 0 atom stereocenters. The standard InChI is InChI=1S/C16H32N2/c1-4-9-18(12-14-5-7-17-8-6-14)16-10-15(11-16)13(2)3/h13-17H,4-12H2,1-3H3. The summed E-state index contributed by atoms with van der Waals surface area (Å²) in [5.41, 5.74) is 0. The smallest absolute Gasteiger partial charge is 0.0101 e. The van der Waals surface area contributed by atoms with E-state index in [9.17, 15) is 0 Å². The molecule has 2 fully saturated rings. The highest BCUT2D eigenvalue weighted by Crippen LogP contribution is 2.37. The molecule has 2 aliphatic rings. The Labute approximate surface area is 114 Å². The van der Waals surface area contributed by atoms with Gasteiger partial charge in [0.1, 0.15) is 0 Å². The summed E-state index contributed by atoms with van der Waals surface area (Å²) in [6, 6.07) is 0.909. The quantitative estimate of drug-likeness (QED) is 0.781. The van der Waals surface area contributed by atoms with Crippen molar-refractivity contribution in [2.75, 3.05) is 26.2 Å². The van der Waals surface area contributed by atoms with Gasteiger partial charge in [-0.2, -0.15) is 0 Å². The molecule has 0 aromatic carbocycles. The minimum Gasteiger partial charge on any atom is -0.317 e. The van der Waals surface area contributed by atoms with Crippen molar-refractivity contribution in [3.8, 4) is 0 Å². The first-order valence-electron chi connectivity index (χ1n) is 8.15. The van der Waals surface area contributed by atoms with E-state index in [4.69, 9.17) is 0 Å². The molecule has 2 nitrogen and oxygen atoms in total. The zero-order valence-electron chi connectivity index (χ0n) is 12.6. The molecule has 0 aromatic rings. The summed E-state index contributed by atoms with van der Waals surface area (Å²) in [7, 11) is 0. The maximum Gasteiger partial charge on any atom is 0.0101 e. The van der Waals surface area contributed by atoms with Gasteiger partial charge < -0.3 is 10.2 Å². The second kappa shape index (κ2) is 6.91. The molecule has 0 radical (unpaired) electrons. The van der Waals surface area contributed by atoms with Gasteiger partial charge in [-0.15, -0.1) is 0 Å². The van der Waals surface area contributed by atoms with Gasteiger partial charge in [0.25, 0.3) is 0 Å². The third-order valence-electron chi connectivity index (χ3n) is 5.07. The number of nitrogens with one attached hydrogen (secondary N) is 1. The second-order valence-corrected chi connectivity index (χ2v) is 6.82. The molecule has 0 amide bonds. The molecule has 0 aromatic heterocycles. The van der Waals surface area contributed by atoms with Crippen molar-refractivity contribution in [3.05, 3.63) is 0 Å².